The molecule has 2 aromatic heterocycles. The third kappa shape index (κ3) is 9.17. The van der Waals surface area contributed by atoms with E-state index in [1.807, 2.05) is 53.4 Å². The highest BCUT2D eigenvalue weighted by molar-refractivity contribution is 7.51. The van der Waals surface area contributed by atoms with Crippen molar-refractivity contribution < 1.29 is 57.8 Å². The van der Waals surface area contributed by atoms with Crippen LogP contribution in [0.5, 0.6) is 5.75 Å². The van der Waals surface area contributed by atoms with Crippen molar-refractivity contribution in [3.63, 3.8) is 0 Å². The molecule has 0 atom stereocenters. The molecule has 10 heteroatoms. The largest absolute Gasteiger partial charge is 1.00 e. The number of pyridine rings is 2. The number of hydrogen-bond acceptors (Lipinski definition) is 3. The second-order valence-corrected chi connectivity index (χ2v) is 7.69. The lowest BCUT2D eigenvalue weighted by Crippen LogP contribution is -3.00. The van der Waals surface area contributed by atoms with Gasteiger partial charge in [-0.1, -0.05) is 14.9 Å². The van der Waals surface area contributed by atoms with E-state index >= 15 is 0 Å². The molecule has 2 heterocycles. The highest BCUT2D eigenvalue weighted by Gasteiger charge is 2.16. The maximum atomic E-state index is 10.9. The molecule has 0 saturated carbocycles. The fourth-order valence-corrected chi connectivity index (χ4v) is 3.08. The lowest BCUT2D eigenvalue weighted by Gasteiger charge is -2.03. The zero-order valence-electron chi connectivity index (χ0n) is 15.1. The van der Waals surface area contributed by atoms with Crippen molar-refractivity contribution in [2.75, 3.05) is 6.16 Å². The normalized spacial score (nSPS) is 9.74. The monoisotopic (exact) mass is 488 g/mol. The molecular formula is C21H27Cl2N2O5P. The van der Waals surface area contributed by atoms with Gasteiger partial charge in [0.2, 0.25) is 5.69 Å². The summed E-state index contributed by atoms with van der Waals surface area (Å²) in [7, 11) is -3.99. The first-order valence-electron chi connectivity index (χ1n) is 8.21. The molecule has 31 heavy (non-hydrogen) atoms. The molecule has 0 aliphatic rings. The van der Waals surface area contributed by atoms with E-state index in [1.165, 1.54) is 0 Å². The first-order chi connectivity index (χ1) is 12.9. The minimum atomic E-state index is -3.99. The summed E-state index contributed by atoms with van der Waals surface area (Å²) in [5.41, 5.74) is 2.96. The van der Waals surface area contributed by atoms with Gasteiger partial charge in [-0.25, -0.2) is 4.57 Å². The molecule has 1 aromatic carbocycles. The molecule has 0 unspecified atom stereocenters. The maximum Gasteiger partial charge on any atom is 0.331 e. The number of halogens is 2. The Labute approximate surface area is 195 Å². The van der Waals surface area contributed by atoms with Crippen LogP contribution in [0.25, 0.3) is 16.8 Å². The van der Waals surface area contributed by atoms with Gasteiger partial charge in [0.05, 0.1) is 0 Å². The maximum absolute atomic E-state index is 10.9. The van der Waals surface area contributed by atoms with Crippen LogP contribution in [-0.2, 0) is 15.9 Å². The predicted molar refractivity (Wildman–Crippen MR) is 111 cm³/mol. The average Bonchev–Trinajstić information content (AvgIpc) is 2.67. The number of nitrogens with zero attached hydrogens (tertiary/aromatic N) is 2. The Morgan fingerprint density at radius 1 is 0.839 bits per heavy atom. The molecule has 0 bridgehead atoms. The summed E-state index contributed by atoms with van der Waals surface area (Å²) in [6.45, 7) is 0.663. The lowest BCUT2D eigenvalue weighted by atomic mass is 10.1. The van der Waals surface area contributed by atoms with Gasteiger partial charge in [-0.05, 0) is 23.3 Å². The van der Waals surface area contributed by atoms with E-state index < -0.39 is 7.60 Å². The van der Waals surface area contributed by atoms with Crippen molar-refractivity contribution in [1.82, 2.24) is 0 Å². The first kappa shape index (κ1) is 30.9. The summed E-state index contributed by atoms with van der Waals surface area (Å²) in [5, 5.41) is 0. The Morgan fingerprint density at radius 3 is 1.77 bits per heavy atom. The third-order valence-corrected chi connectivity index (χ3v) is 4.80. The van der Waals surface area contributed by atoms with Gasteiger partial charge in [0.15, 0.2) is 31.3 Å². The highest BCUT2D eigenvalue weighted by Crippen LogP contribution is 2.33. The van der Waals surface area contributed by atoms with E-state index in [0.717, 1.165) is 16.8 Å². The molecule has 7 nitrogen and oxygen atoms in total. The third-order valence-electron chi connectivity index (χ3n) is 4.02. The summed E-state index contributed by atoms with van der Waals surface area (Å²) >= 11 is 0. The summed E-state index contributed by atoms with van der Waals surface area (Å²) in [6.07, 6.45) is 7.29. The Kier molecular flexibility index (Phi) is 13.9. The van der Waals surface area contributed by atoms with E-state index in [9.17, 15) is 9.36 Å². The van der Waals surface area contributed by atoms with Crippen LogP contribution in [0.4, 0.5) is 0 Å². The molecule has 0 aliphatic carbocycles. The predicted octanol–water partition coefficient (Wildman–Crippen LogP) is -3.09. The molecule has 3 aromatic rings. The highest BCUT2D eigenvalue weighted by atomic mass is 35.5. The standard InChI is InChI=1S/C19H17N2O5P.2CH4.2ClH/c22-15-26-19-3-1-18(2-4-19)21-11-7-17(8-12-21)16-5-9-20(10-6-16)13-14-27(23,24)25;;;;/h1-12,15H,13-14H2;2*1H4;2*1H. The van der Waals surface area contributed by atoms with Gasteiger partial charge < -0.3 is 39.3 Å². The fraction of sp³-hybridized carbons (Fsp3) is 0.190. The van der Waals surface area contributed by atoms with Crippen LogP contribution in [0.15, 0.2) is 73.3 Å². The number of hydrogen-bond donors (Lipinski definition) is 2. The zero-order chi connectivity index (χ0) is 19.3. The summed E-state index contributed by atoms with van der Waals surface area (Å²) in [6, 6.07) is 14.9. The van der Waals surface area contributed by atoms with Crippen LogP contribution >= 0.6 is 7.60 Å². The lowest BCUT2D eigenvalue weighted by molar-refractivity contribution is -0.692. The molecule has 0 fully saturated rings. The second kappa shape index (κ2) is 13.9. The van der Waals surface area contributed by atoms with E-state index in [4.69, 9.17) is 14.5 Å². The van der Waals surface area contributed by atoms with Crippen LogP contribution < -0.4 is 38.7 Å². The molecule has 2 N–H and O–H groups in total. The van der Waals surface area contributed by atoms with Crippen LogP contribution in [0, 0.1) is 0 Å². The second-order valence-electron chi connectivity index (χ2n) is 5.91. The number of rotatable bonds is 7. The molecular weight excluding hydrogens is 462 g/mol. The van der Waals surface area contributed by atoms with Gasteiger partial charge in [0.25, 0.3) is 6.47 Å². The number of aromatic nitrogens is 2. The number of ether oxygens (including phenoxy) is 1. The Balaban J connectivity index is 0. The van der Waals surface area contributed by atoms with Crippen LogP contribution in [-0.4, -0.2) is 22.4 Å². The quantitative estimate of drug-likeness (QED) is 0.209. The number of carbonyl (C=O) groups is 1. The zero-order valence-corrected chi connectivity index (χ0v) is 17.5. The van der Waals surface area contributed by atoms with Gasteiger partial charge in [0.1, 0.15) is 11.9 Å². The number of benzene rings is 1. The van der Waals surface area contributed by atoms with E-state index in [1.54, 1.807) is 29.1 Å². The minimum Gasteiger partial charge on any atom is -1.00 e. The van der Waals surface area contributed by atoms with Gasteiger partial charge >= 0.3 is 7.60 Å². The average molecular weight is 489 g/mol. The van der Waals surface area contributed by atoms with Crippen molar-refractivity contribution in [3.8, 4) is 22.6 Å². The van der Waals surface area contributed by atoms with E-state index in [0.29, 0.717) is 12.2 Å². The van der Waals surface area contributed by atoms with Crippen molar-refractivity contribution in [1.29, 1.82) is 0 Å². The SMILES string of the molecule is C.C.O=COc1ccc(-[n+]2ccc(-c3cc[n+](CCP(=O)(O)O)cc3)cc2)cc1.[Cl-].[Cl-]. The first-order valence-corrected chi connectivity index (χ1v) is 10.0. The summed E-state index contributed by atoms with van der Waals surface area (Å²) in [4.78, 5) is 28.2. The van der Waals surface area contributed by atoms with Crippen molar-refractivity contribution in [2.24, 2.45) is 0 Å². The number of carbonyl (C=O) groups excluding carboxylic acids is 1. The van der Waals surface area contributed by atoms with Crippen LogP contribution in [0.1, 0.15) is 14.9 Å². The summed E-state index contributed by atoms with van der Waals surface area (Å²) in [5.74, 6) is 0.488. The van der Waals surface area contributed by atoms with E-state index in [2.05, 4.69) is 0 Å². The Hall–Kier alpha value is -2.28. The molecule has 170 valence electrons. The van der Waals surface area contributed by atoms with Crippen LogP contribution in [0.3, 0.4) is 0 Å². The van der Waals surface area contributed by atoms with Gasteiger partial charge in [0, 0.05) is 36.4 Å². The van der Waals surface area contributed by atoms with Crippen LogP contribution in [0.2, 0.25) is 0 Å². The molecule has 0 radical (unpaired) electrons. The number of aryl methyl sites for hydroxylation is 1. The van der Waals surface area contributed by atoms with Crippen molar-refractivity contribution in [2.45, 2.75) is 21.4 Å². The Morgan fingerprint density at radius 2 is 1.32 bits per heavy atom. The molecule has 0 amide bonds. The molecule has 0 spiro atoms. The topological polar surface area (TPSA) is 91.6 Å². The smallest absolute Gasteiger partial charge is 0.331 e. The van der Waals surface area contributed by atoms with Crippen molar-refractivity contribution >= 4 is 14.1 Å². The van der Waals surface area contributed by atoms with Gasteiger partial charge in [-0.3, -0.25) is 9.36 Å². The molecule has 3 rings (SSSR count). The van der Waals surface area contributed by atoms with Gasteiger partial charge in [-0.15, -0.1) is 0 Å². The van der Waals surface area contributed by atoms with Gasteiger partial charge in [-0.2, -0.15) is 4.57 Å². The van der Waals surface area contributed by atoms with Crippen molar-refractivity contribution in [3.05, 3.63) is 73.3 Å². The minimum absolute atomic E-state index is 0. The molecule has 0 aliphatic heterocycles. The summed E-state index contributed by atoms with van der Waals surface area (Å²) < 4.78 is 19.4. The Bertz CT molecular complexity index is 963. The molecule has 0 saturated heterocycles. The van der Waals surface area contributed by atoms with E-state index in [-0.39, 0.29) is 52.4 Å². The fourth-order valence-electron chi connectivity index (χ4n) is 2.59.